The molecule has 0 spiro atoms. The van der Waals surface area contributed by atoms with E-state index >= 15 is 0 Å². The number of halogens is 1. The number of ether oxygens (including phenoxy) is 1. The smallest absolute Gasteiger partial charge is 0.324 e. The van der Waals surface area contributed by atoms with Gasteiger partial charge in [0, 0.05) is 5.38 Å². The molecule has 1 atom stereocenters. The number of hydrogen-bond acceptors (Lipinski definition) is 6. The van der Waals surface area contributed by atoms with E-state index in [2.05, 4.69) is 16.6 Å². The molecule has 0 saturated heterocycles. The maximum atomic E-state index is 14.1. The van der Waals surface area contributed by atoms with Crippen LogP contribution in [-0.2, 0) is 39.0 Å². The molecule has 164 valence electrons. The summed E-state index contributed by atoms with van der Waals surface area (Å²) in [6.07, 6.45) is 1.87. The van der Waals surface area contributed by atoms with Gasteiger partial charge in [-0.2, -0.15) is 4.72 Å². The third kappa shape index (κ3) is 6.43. The molecule has 31 heavy (non-hydrogen) atoms. The van der Waals surface area contributed by atoms with Crippen molar-refractivity contribution in [3.63, 3.8) is 0 Å². The van der Waals surface area contributed by atoms with Gasteiger partial charge in [0.15, 0.2) is 0 Å². The maximum absolute atomic E-state index is 14.1. The average molecular weight is 463 g/mol. The third-order valence-corrected chi connectivity index (χ3v) is 6.88. The molecule has 0 bridgehead atoms. The summed E-state index contributed by atoms with van der Waals surface area (Å²) < 4.78 is 47.2. The number of nitrogens with zero attached hydrogens (tertiary/aromatic N) is 1. The van der Waals surface area contributed by atoms with Crippen molar-refractivity contribution in [2.24, 2.45) is 0 Å². The van der Waals surface area contributed by atoms with E-state index in [0.717, 1.165) is 35.5 Å². The Morgan fingerprint density at radius 1 is 1.16 bits per heavy atom. The first kappa shape index (κ1) is 23.1. The highest BCUT2D eigenvalue weighted by atomic mass is 32.2. The minimum atomic E-state index is -4.28. The lowest BCUT2D eigenvalue weighted by atomic mass is 10.1. The summed E-state index contributed by atoms with van der Waals surface area (Å²) in [7, 11) is -4.28. The fourth-order valence-corrected chi connectivity index (χ4v) is 5.07. The van der Waals surface area contributed by atoms with Crippen LogP contribution in [0.15, 0.2) is 64.9 Å². The summed E-state index contributed by atoms with van der Waals surface area (Å²) in [6, 6.07) is 12.7. The minimum Gasteiger partial charge on any atom is -0.458 e. The Morgan fingerprint density at radius 3 is 2.58 bits per heavy atom. The van der Waals surface area contributed by atoms with Crippen LogP contribution in [0.5, 0.6) is 0 Å². The number of carbonyl (C=O) groups excluding carboxylic acids is 1. The van der Waals surface area contributed by atoms with Gasteiger partial charge < -0.3 is 4.74 Å². The molecule has 0 aliphatic carbocycles. The summed E-state index contributed by atoms with van der Waals surface area (Å²) in [5.74, 6) is -1.65. The lowest BCUT2D eigenvalue weighted by molar-refractivity contribution is -0.147. The van der Waals surface area contributed by atoms with Gasteiger partial charge in [-0.15, -0.1) is 11.3 Å². The Hall–Kier alpha value is -2.62. The summed E-state index contributed by atoms with van der Waals surface area (Å²) in [6.45, 7) is 1.99. The number of nitrogens with one attached hydrogen (secondary N) is 1. The van der Waals surface area contributed by atoms with Crippen molar-refractivity contribution in [2.75, 3.05) is 0 Å². The summed E-state index contributed by atoms with van der Waals surface area (Å²) in [5.41, 5.74) is 1.34. The van der Waals surface area contributed by atoms with Gasteiger partial charge in [-0.3, -0.25) is 4.79 Å². The Kier molecular flexibility index (Phi) is 7.89. The van der Waals surface area contributed by atoms with E-state index in [0.29, 0.717) is 5.69 Å². The topological polar surface area (TPSA) is 85.4 Å². The fraction of sp³-hybridized carbons (Fsp3) is 0.273. The normalized spacial score (nSPS) is 12.5. The van der Waals surface area contributed by atoms with Crippen molar-refractivity contribution in [1.82, 2.24) is 9.71 Å². The van der Waals surface area contributed by atoms with Crippen LogP contribution >= 0.6 is 11.3 Å². The van der Waals surface area contributed by atoms with Gasteiger partial charge in [0.25, 0.3) is 0 Å². The summed E-state index contributed by atoms with van der Waals surface area (Å²) in [5, 5.41) is 2.77. The fourth-order valence-electron chi connectivity index (χ4n) is 2.93. The van der Waals surface area contributed by atoms with Crippen molar-refractivity contribution < 1.29 is 22.3 Å². The Bertz CT molecular complexity index is 1120. The molecule has 1 heterocycles. The van der Waals surface area contributed by atoms with Gasteiger partial charge in [-0.1, -0.05) is 49.4 Å². The predicted molar refractivity (Wildman–Crippen MR) is 117 cm³/mol. The van der Waals surface area contributed by atoms with Gasteiger partial charge >= 0.3 is 5.97 Å². The monoisotopic (exact) mass is 462 g/mol. The zero-order valence-electron chi connectivity index (χ0n) is 17.0. The number of carbonyl (C=O) groups is 1. The molecule has 0 saturated carbocycles. The van der Waals surface area contributed by atoms with E-state index in [-0.39, 0.29) is 13.0 Å². The molecule has 9 heteroatoms. The molecule has 1 N–H and O–H groups in total. The van der Waals surface area contributed by atoms with E-state index in [4.69, 9.17) is 4.74 Å². The highest BCUT2D eigenvalue weighted by Crippen LogP contribution is 2.17. The number of benzene rings is 2. The first-order valence-corrected chi connectivity index (χ1v) is 12.2. The number of sulfonamides is 1. The van der Waals surface area contributed by atoms with Crippen molar-refractivity contribution in [1.29, 1.82) is 0 Å². The van der Waals surface area contributed by atoms with Crippen LogP contribution in [0.1, 0.15) is 29.6 Å². The first-order valence-electron chi connectivity index (χ1n) is 9.79. The molecule has 0 unspecified atom stereocenters. The SMILES string of the molecule is CCCc1nc(COC(=O)[C@H](Cc2ccccc2)NS(=O)(=O)c2ccccc2F)cs1. The van der Waals surface area contributed by atoms with Gasteiger partial charge in [-0.25, -0.2) is 17.8 Å². The van der Waals surface area contributed by atoms with Crippen LogP contribution in [-0.4, -0.2) is 25.4 Å². The van der Waals surface area contributed by atoms with Crippen LogP contribution < -0.4 is 4.72 Å². The molecule has 0 aliphatic heterocycles. The van der Waals surface area contributed by atoms with Crippen LogP contribution in [0.25, 0.3) is 0 Å². The largest absolute Gasteiger partial charge is 0.458 e. The van der Waals surface area contributed by atoms with Crippen LogP contribution in [0.4, 0.5) is 4.39 Å². The second kappa shape index (κ2) is 10.6. The zero-order valence-corrected chi connectivity index (χ0v) is 18.6. The molecular formula is C22H23FN2O4S2. The van der Waals surface area contributed by atoms with Gasteiger partial charge in [0.05, 0.1) is 10.7 Å². The molecule has 0 aliphatic rings. The average Bonchev–Trinajstić information content (AvgIpc) is 3.20. The highest BCUT2D eigenvalue weighted by molar-refractivity contribution is 7.89. The lowest BCUT2D eigenvalue weighted by Crippen LogP contribution is -2.43. The van der Waals surface area contributed by atoms with Crippen molar-refractivity contribution in [2.45, 2.75) is 43.7 Å². The molecular weight excluding hydrogens is 439 g/mol. The Labute approximate surface area is 185 Å². The number of rotatable bonds is 10. The first-order chi connectivity index (χ1) is 14.9. The predicted octanol–water partition coefficient (Wildman–Crippen LogP) is 3.87. The van der Waals surface area contributed by atoms with Gasteiger partial charge in [0.1, 0.15) is 23.4 Å². The minimum absolute atomic E-state index is 0.0610. The summed E-state index contributed by atoms with van der Waals surface area (Å²) >= 11 is 1.49. The highest BCUT2D eigenvalue weighted by Gasteiger charge is 2.29. The van der Waals surface area contributed by atoms with Crippen LogP contribution in [0.2, 0.25) is 0 Å². The molecule has 0 amide bonds. The second-order valence-corrected chi connectivity index (χ2v) is 9.51. The number of hydrogen-bond donors (Lipinski definition) is 1. The van der Waals surface area contributed by atoms with Crippen LogP contribution in [0.3, 0.4) is 0 Å². The Morgan fingerprint density at radius 2 is 1.87 bits per heavy atom. The van der Waals surface area contributed by atoms with E-state index in [1.54, 1.807) is 24.3 Å². The van der Waals surface area contributed by atoms with E-state index in [1.807, 2.05) is 11.4 Å². The lowest BCUT2D eigenvalue weighted by Gasteiger charge is -2.18. The molecule has 3 aromatic rings. The van der Waals surface area contributed by atoms with Crippen molar-refractivity contribution in [3.05, 3.63) is 82.1 Å². The standard InChI is InChI=1S/C22H23FN2O4S2/c1-2-8-21-24-17(15-30-21)14-29-22(26)19(13-16-9-4-3-5-10-16)25-31(27,28)20-12-7-6-11-18(20)23/h3-7,9-12,15,19,25H,2,8,13-14H2,1H3/t19-/m0/s1. The van der Waals surface area contributed by atoms with E-state index < -0.39 is 32.7 Å². The Balaban J connectivity index is 1.76. The number of esters is 1. The maximum Gasteiger partial charge on any atom is 0.324 e. The molecule has 3 rings (SSSR count). The molecule has 0 fully saturated rings. The quantitative estimate of drug-likeness (QED) is 0.463. The summed E-state index contributed by atoms with van der Waals surface area (Å²) in [4.78, 5) is 16.7. The number of aryl methyl sites for hydroxylation is 1. The molecule has 0 radical (unpaired) electrons. The number of aromatic nitrogens is 1. The van der Waals surface area contributed by atoms with E-state index in [1.165, 1.54) is 23.5 Å². The molecule has 1 aromatic heterocycles. The van der Waals surface area contributed by atoms with Gasteiger partial charge in [0.2, 0.25) is 10.0 Å². The third-order valence-electron chi connectivity index (χ3n) is 4.42. The zero-order chi connectivity index (χ0) is 22.3. The molecule has 2 aromatic carbocycles. The van der Waals surface area contributed by atoms with Crippen molar-refractivity contribution in [3.8, 4) is 0 Å². The van der Waals surface area contributed by atoms with Crippen LogP contribution in [0, 0.1) is 5.82 Å². The van der Waals surface area contributed by atoms with E-state index in [9.17, 15) is 17.6 Å². The number of thiazole rings is 1. The molecule has 6 nitrogen and oxygen atoms in total. The van der Waals surface area contributed by atoms with Crippen molar-refractivity contribution >= 4 is 27.3 Å². The van der Waals surface area contributed by atoms with Gasteiger partial charge in [-0.05, 0) is 37.0 Å². The second-order valence-electron chi connectivity index (χ2n) is 6.88.